The van der Waals surface area contributed by atoms with E-state index in [1.165, 1.54) is 13.4 Å². The maximum atomic E-state index is 5.89. The van der Waals surface area contributed by atoms with Crippen LogP contribution in [0.3, 0.4) is 0 Å². The zero-order chi connectivity index (χ0) is 12.8. The summed E-state index contributed by atoms with van der Waals surface area (Å²) < 4.78 is 10.5. The van der Waals surface area contributed by atoms with Gasteiger partial charge in [0.1, 0.15) is 12.0 Å². The molecule has 0 atom stereocenters. The van der Waals surface area contributed by atoms with E-state index in [-0.39, 0.29) is 6.10 Å². The van der Waals surface area contributed by atoms with Gasteiger partial charge in [-0.15, -0.1) is 0 Å². The van der Waals surface area contributed by atoms with Crippen LogP contribution < -0.4 is 15.4 Å². The summed E-state index contributed by atoms with van der Waals surface area (Å²) in [5, 5.41) is 0. The Bertz CT molecular complexity index is 357. The molecule has 1 rings (SSSR count). The average Bonchev–Trinajstić information content (AvgIpc) is 2.28. The third kappa shape index (κ3) is 3.74. The van der Waals surface area contributed by atoms with Crippen LogP contribution in [0, 0.1) is 0 Å². The van der Waals surface area contributed by atoms with E-state index >= 15 is 0 Å². The molecule has 0 unspecified atom stereocenters. The van der Waals surface area contributed by atoms with Crippen LogP contribution in [0.25, 0.3) is 0 Å². The van der Waals surface area contributed by atoms with Gasteiger partial charge in [-0.3, -0.25) is 0 Å². The van der Waals surface area contributed by atoms with Crippen LogP contribution in [0.15, 0.2) is 6.33 Å². The van der Waals surface area contributed by atoms with E-state index in [4.69, 9.17) is 15.2 Å². The van der Waals surface area contributed by atoms with E-state index in [1.807, 2.05) is 25.8 Å². The molecule has 1 aromatic heterocycles. The summed E-state index contributed by atoms with van der Waals surface area (Å²) in [6.07, 6.45) is 1.66. The maximum absolute atomic E-state index is 5.89. The van der Waals surface area contributed by atoms with Gasteiger partial charge in [-0.25, -0.2) is 4.98 Å². The van der Waals surface area contributed by atoms with E-state index in [0.29, 0.717) is 30.5 Å². The quantitative estimate of drug-likeness (QED) is 0.797. The minimum atomic E-state index is 0.223. The van der Waals surface area contributed by atoms with Crippen LogP contribution in [0.4, 0.5) is 11.5 Å². The van der Waals surface area contributed by atoms with Gasteiger partial charge >= 0.3 is 0 Å². The van der Waals surface area contributed by atoms with Crippen LogP contribution >= 0.6 is 0 Å². The lowest BCUT2D eigenvalue weighted by atomic mass is 10.4. The summed E-state index contributed by atoms with van der Waals surface area (Å²) >= 11 is 0. The first-order chi connectivity index (χ1) is 8.06. The predicted molar refractivity (Wildman–Crippen MR) is 67.4 cm³/mol. The molecule has 0 fully saturated rings. The highest BCUT2D eigenvalue weighted by Gasteiger charge is 2.12. The summed E-state index contributed by atoms with van der Waals surface area (Å²) in [5.74, 6) is 1.05. The third-order valence-corrected chi connectivity index (χ3v) is 2.26. The Morgan fingerprint density at radius 1 is 1.41 bits per heavy atom. The van der Waals surface area contributed by atoms with Crippen LogP contribution in [0.1, 0.15) is 13.8 Å². The van der Waals surface area contributed by atoms with E-state index in [0.717, 1.165) is 0 Å². The maximum Gasteiger partial charge on any atom is 0.242 e. The van der Waals surface area contributed by atoms with Crippen molar-refractivity contribution in [3.63, 3.8) is 0 Å². The largest absolute Gasteiger partial charge is 0.479 e. The van der Waals surface area contributed by atoms with Crippen LogP contribution in [0.5, 0.6) is 5.88 Å². The van der Waals surface area contributed by atoms with Gasteiger partial charge in [-0.05, 0) is 13.8 Å². The van der Waals surface area contributed by atoms with Crippen molar-refractivity contribution in [3.05, 3.63) is 6.33 Å². The van der Waals surface area contributed by atoms with Crippen molar-refractivity contribution in [2.45, 2.75) is 20.0 Å². The van der Waals surface area contributed by atoms with Gasteiger partial charge < -0.3 is 20.1 Å². The summed E-state index contributed by atoms with van der Waals surface area (Å²) in [6, 6.07) is 0. The molecule has 6 nitrogen and oxygen atoms in total. The first-order valence-electron chi connectivity index (χ1n) is 5.53. The van der Waals surface area contributed by atoms with Crippen molar-refractivity contribution in [1.82, 2.24) is 9.97 Å². The Hall–Kier alpha value is -1.56. The monoisotopic (exact) mass is 240 g/mol. The molecule has 0 spiro atoms. The Morgan fingerprint density at radius 3 is 2.71 bits per heavy atom. The zero-order valence-electron chi connectivity index (χ0n) is 10.8. The van der Waals surface area contributed by atoms with Gasteiger partial charge in [-0.1, -0.05) is 0 Å². The number of hydrogen-bond donors (Lipinski definition) is 1. The molecule has 17 heavy (non-hydrogen) atoms. The van der Waals surface area contributed by atoms with Gasteiger partial charge in [0, 0.05) is 13.6 Å². The van der Waals surface area contributed by atoms with Crippen molar-refractivity contribution in [1.29, 1.82) is 0 Å². The molecule has 0 aliphatic heterocycles. The van der Waals surface area contributed by atoms with Gasteiger partial charge in [0.15, 0.2) is 5.82 Å². The van der Waals surface area contributed by atoms with E-state index in [1.54, 1.807) is 0 Å². The first-order valence-corrected chi connectivity index (χ1v) is 5.53. The van der Waals surface area contributed by atoms with Crippen molar-refractivity contribution in [2.24, 2.45) is 0 Å². The van der Waals surface area contributed by atoms with Crippen LogP contribution in [-0.2, 0) is 4.74 Å². The van der Waals surface area contributed by atoms with E-state index in [2.05, 4.69) is 9.97 Å². The minimum absolute atomic E-state index is 0.223. The number of nitrogens with zero attached hydrogens (tertiary/aromatic N) is 3. The fourth-order valence-corrected chi connectivity index (χ4v) is 1.37. The Kier molecular flexibility index (Phi) is 4.96. The van der Waals surface area contributed by atoms with Gasteiger partial charge in [0.05, 0.1) is 19.8 Å². The second kappa shape index (κ2) is 6.24. The number of rotatable bonds is 6. The Labute approximate surface area is 102 Å². The van der Waals surface area contributed by atoms with Crippen LogP contribution in [-0.4, -0.2) is 43.4 Å². The Morgan fingerprint density at radius 2 is 2.12 bits per heavy atom. The Balaban J connectivity index is 2.65. The van der Waals surface area contributed by atoms with Gasteiger partial charge in [-0.2, -0.15) is 4.98 Å². The highest BCUT2D eigenvalue weighted by atomic mass is 16.5. The molecule has 96 valence electrons. The summed E-state index contributed by atoms with van der Waals surface area (Å²) in [6.45, 7) is 5.34. The predicted octanol–water partition coefficient (Wildman–Crippen LogP) is 0.929. The lowest BCUT2D eigenvalue weighted by Gasteiger charge is -2.20. The number of hydrogen-bond acceptors (Lipinski definition) is 6. The number of methoxy groups -OCH3 is 1. The van der Waals surface area contributed by atoms with Crippen molar-refractivity contribution < 1.29 is 9.47 Å². The lowest BCUT2D eigenvalue weighted by Crippen LogP contribution is -2.25. The van der Waals surface area contributed by atoms with Crippen molar-refractivity contribution in [3.8, 4) is 5.88 Å². The van der Waals surface area contributed by atoms with Crippen LogP contribution in [0.2, 0.25) is 0 Å². The van der Waals surface area contributed by atoms with E-state index < -0.39 is 0 Å². The molecule has 0 aliphatic rings. The molecular weight excluding hydrogens is 220 g/mol. The normalized spacial score (nSPS) is 10.6. The number of likely N-dealkylation sites (N-methyl/N-ethyl adjacent to an activating group) is 1. The van der Waals surface area contributed by atoms with Gasteiger partial charge in [0.2, 0.25) is 5.88 Å². The first kappa shape index (κ1) is 13.5. The second-order valence-electron chi connectivity index (χ2n) is 3.96. The third-order valence-electron chi connectivity index (χ3n) is 2.26. The summed E-state index contributed by atoms with van der Waals surface area (Å²) in [4.78, 5) is 9.99. The highest BCUT2D eigenvalue weighted by molar-refractivity contribution is 5.67. The molecule has 2 N–H and O–H groups in total. The highest BCUT2D eigenvalue weighted by Crippen LogP contribution is 2.26. The molecule has 0 aliphatic carbocycles. The molecule has 0 amide bonds. The molecule has 6 heteroatoms. The fourth-order valence-electron chi connectivity index (χ4n) is 1.37. The van der Waals surface area contributed by atoms with Crippen molar-refractivity contribution in [2.75, 3.05) is 37.9 Å². The molecular formula is C11H20N4O2. The molecule has 0 radical (unpaired) electrons. The summed E-state index contributed by atoms with van der Waals surface area (Å²) in [7, 11) is 3.44. The SMILES string of the molecule is COc1ncnc(N(C)CCOC(C)C)c1N. The number of anilines is 2. The smallest absolute Gasteiger partial charge is 0.242 e. The molecule has 1 heterocycles. The summed E-state index contributed by atoms with van der Waals surface area (Å²) in [5.41, 5.74) is 6.34. The fraction of sp³-hybridized carbons (Fsp3) is 0.636. The topological polar surface area (TPSA) is 73.5 Å². The number of nitrogens with two attached hydrogens (primary N) is 1. The van der Waals surface area contributed by atoms with Crippen molar-refractivity contribution >= 4 is 11.5 Å². The number of ether oxygens (including phenoxy) is 2. The second-order valence-corrected chi connectivity index (χ2v) is 3.96. The molecule has 0 saturated heterocycles. The number of nitrogen functional groups attached to an aromatic ring is 1. The van der Waals surface area contributed by atoms with Gasteiger partial charge in [0.25, 0.3) is 0 Å². The number of aromatic nitrogens is 2. The molecule has 0 aromatic carbocycles. The van der Waals surface area contributed by atoms with E-state index in [9.17, 15) is 0 Å². The lowest BCUT2D eigenvalue weighted by molar-refractivity contribution is 0.0845. The average molecular weight is 240 g/mol. The molecule has 0 saturated carbocycles. The molecule has 1 aromatic rings. The standard InChI is InChI=1S/C11H20N4O2/c1-8(2)17-6-5-15(3)10-9(12)11(16-4)14-7-13-10/h7-8H,5-6,12H2,1-4H3. The molecule has 0 bridgehead atoms. The zero-order valence-corrected chi connectivity index (χ0v) is 10.8. The minimum Gasteiger partial charge on any atom is -0.479 e.